The van der Waals surface area contributed by atoms with Crippen LogP contribution in [0.5, 0.6) is 0 Å². The quantitative estimate of drug-likeness (QED) is 0.416. The van der Waals surface area contributed by atoms with Gasteiger partial charge in [-0.05, 0) is 62.4 Å². The Morgan fingerprint density at radius 2 is 1.67 bits per heavy atom. The number of H-pyrrole nitrogens is 2. The Morgan fingerprint density at radius 3 is 2.48 bits per heavy atom. The average Bonchev–Trinajstić information content (AvgIpc) is 3.49. The van der Waals surface area contributed by atoms with Crippen molar-refractivity contribution in [2.24, 2.45) is 0 Å². The molecule has 0 saturated heterocycles. The maximum absolute atomic E-state index is 11.6. The SMILES string of the molecule is Cc1cc(-n2nccc2-c2cc(Cl)c3nnn(-c4ccc5[nH]c(=O)[nH]c5c4)c3c2)cc(C)n1. The van der Waals surface area contributed by atoms with E-state index in [0.717, 1.165) is 45.1 Å². The van der Waals surface area contributed by atoms with E-state index in [-0.39, 0.29) is 5.69 Å². The summed E-state index contributed by atoms with van der Waals surface area (Å²) in [6, 6.07) is 15.3. The molecule has 6 aromatic rings. The molecule has 10 heteroatoms. The summed E-state index contributed by atoms with van der Waals surface area (Å²) in [6.45, 7) is 3.92. The maximum atomic E-state index is 11.6. The molecule has 9 nitrogen and oxygen atoms in total. The molecule has 6 rings (SSSR count). The monoisotopic (exact) mass is 456 g/mol. The molecule has 0 atom stereocenters. The highest BCUT2D eigenvalue weighted by atomic mass is 35.5. The van der Waals surface area contributed by atoms with Crippen LogP contribution < -0.4 is 5.69 Å². The second-order valence-corrected chi connectivity index (χ2v) is 8.28. The Bertz CT molecular complexity index is 1720. The van der Waals surface area contributed by atoms with E-state index in [0.29, 0.717) is 16.1 Å². The number of nitrogens with one attached hydrogen (secondary N) is 2. The van der Waals surface area contributed by atoms with Crippen LogP contribution in [0.3, 0.4) is 0 Å². The molecular weight excluding hydrogens is 440 g/mol. The minimum Gasteiger partial charge on any atom is -0.306 e. The van der Waals surface area contributed by atoms with Gasteiger partial charge >= 0.3 is 5.69 Å². The van der Waals surface area contributed by atoms with Crippen LogP contribution >= 0.6 is 11.6 Å². The number of pyridine rings is 1. The first kappa shape index (κ1) is 19.4. The third-order valence-electron chi connectivity index (χ3n) is 5.50. The van der Waals surface area contributed by atoms with E-state index in [4.69, 9.17) is 11.6 Å². The van der Waals surface area contributed by atoms with Crippen LogP contribution in [-0.2, 0) is 0 Å². The zero-order valence-corrected chi connectivity index (χ0v) is 18.4. The fourth-order valence-electron chi connectivity index (χ4n) is 4.14. The molecule has 0 saturated carbocycles. The van der Waals surface area contributed by atoms with Crippen molar-refractivity contribution in [2.45, 2.75) is 13.8 Å². The highest BCUT2D eigenvalue weighted by Crippen LogP contribution is 2.32. The number of aromatic amines is 2. The summed E-state index contributed by atoms with van der Waals surface area (Å²) in [5, 5.41) is 13.6. The Morgan fingerprint density at radius 1 is 0.879 bits per heavy atom. The van der Waals surface area contributed by atoms with Crippen molar-refractivity contribution < 1.29 is 0 Å². The second kappa shape index (κ2) is 7.14. The zero-order chi connectivity index (χ0) is 22.7. The zero-order valence-electron chi connectivity index (χ0n) is 17.7. The van der Waals surface area contributed by atoms with Gasteiger partial charge in [-0.2, -0.15) is 5.10 Å². The lowest BCUT2D eigenvalue weighted by Crippen LogP contribution is -2.02. The molecule has 4 aromatic heterocycles. The van der Waals surface area contributed by atoms with E-state index >= 15 is 0 Å². The second-order valence-electron chi connectivity index (χ2n) is 7.87. The van der Waals surface area contributed by atoms with Crippen LogP contribution in [0, 0.1) is 13.8 Å². The number of fused-ring (bicyclic) bond motifs is 2. The Kier molecular flexibility index (Phi) is 4.21. The molecule has 0 fully saturated rings. The highest BCUT2D eigenvalue weighted by Gasteiger charge is 2.16. The van der Waals surface area contributed by atoms with E-state index in [1.54, 1.807) is 10.9 Å². The van der Waals surface area contributed by atoms with Gasteiger partial charge in [0.15, 0.2) is 0 Å². The van der Waals surface area contributed by atoms with Crippen molar-refractivity contribution in [3.05, 3.63) is 81.6 Å². The Hall–Kier alpha value is -4.24. The first-order valence-electron chi connectivity index (χ1n) is 10.2. The minimum absolute atomic E-state index is 0.259. The summed E-state index contributed by atoms with van der Waals surface area (Å²) >= 11 is 6.62. The first-order valence-corrected chi connectivity index (χ1v) is 10.6. The molecule has 0 spiro atoms. The molecule has 0 bridgehead atoms. The number of aryl methyl sites for hydroxylation is 2. The number of nitrogens with zero attached hydrogens (tertiary/aromatic N) is 6. The number of rotatable bonds is 3. The van der Waals surface area contributed by atoms with Crippen LogP contribution in [0.2, 0.25) is 5.02 Å². The molecule has 0 aliphatic carbocycles. The van der Waals surface area contributed by atoms with Crippen molar-refractivity contribution in [3.8, 4) is 22.6 Å². The van der Waals surface area contributed by atoms with Crippen molar-refractivity contribution in [1.29, 1.82) is 0 Å². The lowest BCUT2D eigenvalue weighted by atomic mass is 10.1. The van der Waals surface area contributed by atoms with Gasteiger partial charge in [0.05, 0.1) is 44.8 Å². The lowest BCUT2D eigenvalue weighted by molar-refractivity contribution is 0.825. The molecule has 33 heavy (non-hydrogen) atoms. The fourth-order valence-corrected chi connectivity index (χ4v) is 4.39. The molecule has 4 heterocycles. The Labute approximate surface area is 191 Å². The van der Waals surface area contributed by atoms with E-state index in [1.807, 2.05) is 67.1 Å². The predicted molar refractivity (Wildman–Crippen MR) is 126 cm³/mol. The van der Waals surface area contributed by atoms with Gasteiger partial charge in [0.2, 0.25) is 0 Å². The summed E-state index contributed by atoms with van der Waals surface area (Å²) in [6.07, 6.45) is 1.75. The number of hydrogen-bond acceptors (Lipinski definition) is 5. The van der Waals surface area contributed by atoms with E-state index < -0.39 is 0 Å². The van der Waals surface area contributed by atoms with Gasteiger partial charge in [0.1, 0.15) is 5.52 Å². The summed E-state index contributed by atoms with van der Waals surface area (Å²) in [5.41, 5.74) is 7.73. The van der Waals surface area contributed by atoms with Gasteiger partial charge in [-0.1, -0.05) is 16.8 Å². The van der Waals surface area contributed by atoms with Crippen LogP contribution in [0.1, 0.15) is 11.4 Å². The average molecular weight is 457 g/mol. The summed E-state index contributed by atoms with van der Waals surface area (Å²) in [5.74, 6) is 0. The van der Waals surface area contributed by atoms with Crippen LogP contribution in [0.4, 0.5) is 0 Å². The number of benzene rings is 2. The number of hydrogen-bond donors (Lipinski definition) is 2. The van der Waals surface area contributed by atoms with Gasteiger partial charge in [-0.15, -0.1) is 5.10 Å². The van der Waals surface area contributed by atoms with Gasteiger partial charge in [-0.3, -0.25) is 4.98 Å². The molecule has 0 radical (unpaired) electrons. The molecule has 2 N–H and O–H groups in total. The number of aromatic nitrogens is 8. The standard InChI is InChI=1S/C23H17ClN8O/c1-12-7-16(8-13(2)26-12)31-20(5-6-25-31)14-9-17(24)22-21(10-14)32(30-29-22)15-3-4-18-19(11-15)28-23(33)27-18/h3-11H,1-2H3,(H2,27,28,33). The normalized spacial score (nSPS) is 11.6. The molecule has 0 unspecified atom stereocenters. The third kappa shape index (κ3) is 3.21. The molecule has 162 valence electrons. The summed E-state index contributed by atoms with van der Waals surface area (Å²) < 4.78 is 3.57. The lowest BCUT2D eigenvalue weighted by Gasteiger charge is -2.10. The Balaban J connectivity index is 1.53. The first-order chi connectivity index (χ1) is 16.0. The van der Waals surface area contributed by atoms with Crippen LogP contribution in [0.25, 0.3) is 44.7 Å². The van der Waals surface area contributed by atoms with Crippen molar-refractivity contribution in [1.82, 2.24) is 39.7 Å². The molecule has 0 amide bonds. The number of halogens is 1. The largest absolute Gasteiger partial charge is 0.323 e. The van der Waals surface area contributed by atoms with E-state index in [1.165, 1.54) is 0 Å². The summed E-state index contributed by atoms with van der Waals surface area (Å²) in [4.78, 5) is 21.6. The summed E-state index contributed by atoms with van der Waals surface area (Å²) in [7, 11) is 0. The predicted octanol–water partition coefficient (Wildman–Crippen LogP) is 4.11. The maximum Gasteiger partial charge on any atom is 0.323 e. The molecule has 0 aliphatic heterocycles. The topological polar surface area (TPSA) is 110 Å². The van der Waals surface area contributed by atoms with Gasteiger partial charge in [0, 0.05) is 17.0 Å². The fraction of sp³-hybridized carbons (Fsp3) is 0.0870. The van der Waals surface area contributed by atoms with Crippen molar-refractivity contribution in [2.75, 3.05) is 0 Å². The highest BCUT2D eigenvalue weighted by molar-refractivity contribution is 6.35. The molecular formula is C23H17ClN8O. The van der Waals surface area contributed by atoms with Gasteiger partial charge in [0.25, 0.3) is 0 Å². The van der Waals surface area contributed by atoms with Crippen molar-refractivity contribution >= 4 is 33.7 Å². The third-order valence-corrected chi connectivity index (χ3v) is 5.79. The molecule has 0 aliphatic rings. The number of imidazole rings is 1. The minimum atomic E-state index is -0.259. The van der Waals surface area contributed by atoms with Crippen molar-refractivity contribution in [3.63, 3.8) is 0 Å². The van der Waals surface area contributed by atoms with E-state index in [9.17, 15) is 4.79 Å². The van der Waals surface area contributed by atoms with Gasteiger partial charge in [-0.25, -0.2) is 14.2 Å². The van der Waals surface area contributed by atoms with Crippen LogP contribution in [-0.4, -0.2) is 39.7 Å². The smallest absolute Gasteiger partial charge is 0.306 e. The van der Waals surface area contributed by atoms with Gasteiger partial charge < -0.3 is 9.97 Å². The van der Waals surface area contributed by atoms with Crippen LogP contribution in [0.15, 0.2) is 59.5 Å². The molecule has 2 aromatic carbocycles. The van der Waals surface area contributed by atoms with E-state index in [2.05, 4.69) is 30.4 Å².